The molecule has 0 aliphatic rings. The molecule has 0 aliphatic carbocycles. The third-order valence-electron chi connectivity index (χ3n) is 14.8. The quantitative estimate of drug-likeness (QED) is 0.0272. The monoisotopic (exact) mass is 1120 g/mol. The van der Waals surface area contributed by atoms with Gasteiger partial charge >= 0.3 is 0 Å². The van der Waals surface area contributed by atoms with Crippen LogP contribution in [0, 0.1) is 0 Å². The molecule has 2 N–H and O–H groups in total. The van der Waals surface area contributed by atoms with Crippen LogP contribution in [0.5, 0.6) is 0 Å². The predicted molar refractivity (Wildman–Crippen MR) is 343 cm³/mol. The molecule has 0 aromatic heterocycles. The van der Waals surface area contributed by atoms with Crippen LogP contribution in [0.3, 0.4) is 0 Å². The van der Waals surface area contributed by atoms with Crippen LogP contribution in [0.4, 0.5) is 0 Å². The number of allylic oxidation sites excluding steroid dienone is 13. The van der Waals surface area contributed by atoms with Crippen LogP contribution in [0.15, 0.2) is 85.1 Å². The van der Waals surface area contributed by atoms with Gasteiger partial charge in [-0.3, -0.25) is 9.36 Å². The van der Waals surface area contributed by atoms with Gasteiger partial charge in [-0.2, -0.15) is 0 Å². The van der Waals surface area contributed by atoms with E-state index in [0.717, 1.165) is 70.6 Å². The molecule has 0 aromatic rings. The van der Waals surface area contributed by atoms with Crippen molar-refractivity contribution in [1.82, 2.24) is 5.32 Å². The van der Waals surface area contributed by atoms with Gasteiger partial charge in [0, 0.05) is 6.42 Å². The van der Waals surface area contributed by atoms with Crippen molar-refractivity contribution < 1.29 is 32.9 Å². The molecule has 0 saturated carbocycles. The summed E-state index contributed by atoms with van der Waals surface area (Å²) in [5, 5.41) is 13.9. The molecule has 79 heavy (non-hydrogen) atoms. The molecule has 3 atom stereocenters. The number of unbranched alkanes of at least 4 members (excludes halogenated alkanes) is 36. The molecule has 0 radical (unpaired) electrons. The molecular formula is C70H129N2O6P. The van der Waals surface area contributed by atoms with Gasteiger partial charge in [-0.1, -0.05) is 304 Å². The molecule has 0 saturated heterocycles. The summed E-state index contributed by atoms with van der Waals surface area (Å²) in [6.07, 6.45) is 85.7. The van der Waals surface area contributed by atoms with E-state index in [-0.39, 0.29) is 12.5 Å². The fourth-order valence-electron chi connectivity index (χ4n) is 9.67. The van der Waals surface area contributed by atoms with Gasteiger partial charge in [0.05, 0.1) is 39.9 Å². The Morgan fingerprint density at radius 2 is 0.785 bits per heavy atom. The van der Waals surface area contributed by atoms with E-state index in [4.69, 9.17) is 9.05 Å². The summed E-state index contributed by atoms with van der Waals surface area (Å²) in [5.41, 5.74) is 0. The van der Waals surface area contributed by atoms with Crippen LogP contribution in [-0.2, 0) is 18.4 Å². The van der Waals surface area contributed by atoms with Gasteiger partial charge in [0.2, 0.25) is 5.91 Å². The first-order valence-corrected chi connectivity index (χ1v) is 34.9. The number of phosphoric ester groups is 1. The smallest absolute Gasteiger partial charge is 0.268 e. The number of carbonyl (C=O) groups excluding carboxylic acids is 1. The molecule has 0 aromatic carbocycles. The van der Waals surface area contributed by atoms with E-state index in [2.05, 4.69) is 92.1 Å². The van der Waals surface area contributed by atoms with E-state index >= 15 is 0 Å². The van der Waals surface area contributed by atoms with E-state index in [1.54, 1.807) is 6.08 Å². The third kappa shape index (κ3) is 63.1. The molecule has 3 unspecified atom stereocenters. The van der Waals surface area contributed by atoms with Crippen LogP contribution in [0.25, 0.3) is 0 Å². The summed E-state index contributed by atoms with van der Waals surface area (Å²) >= 11 is 0. The normalized spacial score (nSPS) is 14.3. The SMILES string of the molecule is CC/C=C\C/C=C\C/C=C\C/C=C\C/C=C\CCCCCCCCCCCCCCCCCCCCCCCCCCCC(=O)NC(COP(=O)([O-])OCC[N+](C)(C)C)C(O)/C=C/CC/C=C/CCCCCCCCCCCC. The van der Waals surface area contributed by atoms with E-state index in [1.165, 1.54) is 212 Å². The average molecular weight is 1130 g/mol. The Morgan fingerprint density at radius 3 is 1.18 bits per heavy atom. The van der Waals surface area contributed by atoms with Crippen LogP contribution >= 0.6 is 7.82 Å². The van der Waals surface area contributed by atoms with Crippen molar-refractivity contribution in [2.75, 3.05) is 40.9 Å². The average Bonchev–Trinajstić information content (AvgIpc) is 3.42. The maximum atomic E-state index is 13.0. The number of likely N-dealkylation sites (N-methyl/N-ethyl adjacent to an activating group) is 1. The maximum absolute atomic E-state index is 13.0. The number of hydrogen-bond acceptors (Lipinski definition) is 6. The second-order valence-electron chi connectivity index (χ2n) is 23.8. The van der Waals surface area contributed by atoms with Crippen LogP contribution in [-0.4, -0.2) is 68.5 Å². The molecule has 9 heteroatoms. The zero-order valence-electron chi connectivity index (χ0n) is 52.6. The summed E-state index contributed by atoms with van der Waals surface area (Å²) in [7, 11) is 1.25. The molecule has 460 valence electrons. The summed E-state index contributed by atoms with van der Waals surface area (Å²) in [4.78, 5) is 25.5. The molecule has 0 spiro atoms. The fourth-order valence-corrected chi connectivity index (χ4v) is 10.4. The first-order chi connectivity index (χ1) is 38.5. The van der Waals surface area contributed by atoms with Crippen LogP contribution in [0.1, 0.15) is 303 Å². The second-order valence-corrected chi connectivity index (χ2v) is 25.2. The minimum absolute atomic E-state index is 0.00655. The highest BCUT2D eigenvalue weighted by molar-refractivity contribution is 7.45. The Hall–Kier alpha value is -2.32. The topological polar surface area (TPSA) is 108 Å². The lowest BCUT2D eigenvalue weighted by Crippen LogP contribution is -2.45. The molecule has 0 fully saturated rings. The minimum Gasteiger partial charge on any atom is -0.756 e. The maximum Gasteiger partial charge on any atom is 0.268 e. The van der Waals surface area contributed by atoms with Crippen molar-refractivity contribution in [3.05, 3.63) is 85.1 Å². The largest absolute Gasteiger partial charge is 0.756 e. The van der Waals surface area contributed by atoms with Gasteiger partial charge in [-0.05, 0) is 77.0 Å². The Kier molecular flexibility index (Phi) is 58.5. The van der Waals surface area contributed by atoms with Crippen molar-refractivity contribution in [3.8, 4) is 0 Å². The lowest BCUT2D eigenvalue weighted by atomic mass is 10.0. The molecule has 0 aliphatic heterocycles. The third-order valence-corrected chi connectivity index (χ3v) is 15.8. The number of hydrogen-bond donors (Lipinski definition) is 2. The first kappa shape index (κ1) is 76.7. The predicted octanol–water partition coefficient (Wildman–Crippen LogP) is 20.5. The van der Waals surface area contributed by atoms with Gasteiger partial charge in [0.15, 0.2) is 0 Å². The Morgan fingerprint density at radius 1 is 0.456 bits per heavy atom. The molecule has 0 rings (SSSR count). The van der Waals surface area contributed by atoms with Crippen molar-refractivity contribution in [2.45, 2.75) is 315 Å². The van der Waals surface area contributed by atoms with E-state index in [9.17, 15) is 19.4 Å². The number of carbonyl (C=O) groups is 1. The zero-order valence-corrected chi connectivity index (χ0v) is 53.5. The standard InChI is InChI=1S/C70H129N2O6P/c1-6-8-10-12-14-16-18-20-22-24-25-26-27-28-29-30-31-32-33-34-35-36-37-38-39-40-41-42-43-44-45-46-47-48-50-52-54-56-58-60-62-64-70(74)71-68(67-78-79(75,76)77-66-65-72(3,4)5)69(73)63-61-59-57-55-53-51-49-23-21-19-17-15-13-11-9-7-2/h8,10,14,16,20,22,25-26,28-29,53,55,61,63,68-69,73H,6-7,9,11-13,15,17-19,21,23-24,27,30-52,54,56-60,62,64-67H2,1-5H3,(H-,71,74,75,76)/b10-8-,16-14-,22-20-,26-25-,29-28-,55-53+,63-61+. The summed E-state index contributed by atoms with van der Waals surface area (Å²) in [6.45, 7) is 4.53. The van der Waals surface area contributed by atoms with Crippen molar-refractivity contribution in [3.63, 3.8) is 0 Å². The van der Waals surface area contributed by atoms with Crippen molar-refractivity contribution in [2.24, 2.45) is 0 Å². The summed E-state index contributed by atoms with van der Waals surface area (Å²) in [5.74, 6) is -0.204. The number of aliphatic hydroxyl groups is 1. The van der Waals surface area contributed by atoms with Gasteiger partial charge < -0.3 is 28.8 Å². The lowest BCUT2D eigenvalue weighted by Gasteiger charge is -2.29. The number of amides is 1. The van der Waals surface area contributed by atoms with E-state index in [0.29, 0.717) is 17.4 Å². The Balaban J connectivity index is 3.92. The van der Waals surface area contributed by atoms with Crippen LogP contribution in [0.2, 0.25) is 0 Å². The Labute approximate surface area is 490 Å². The number of rotatable bonds is 61. The number of nitrogens with zero attached hydrogens (tertiary/aromatic N) is 1. The molecule has 0 bridgehead atoms. The molecule has 1 amide bonds. The highest BCUT2D eigenvalue weighted by Crippen LogP contribution is 2.38. The molecule has 8 nitrogen and oxygen atoms in total. The van der Waals surface area contributed by atoms with E-state index < -0.39 is 26.6 Å². The lowest BCUT2D eigenvalue weighted by molar-refractivity contribution is -0.870. The van der Waals surface area contributed by atoms with Crippen molar-refractivity contribution >= 4 is 13.7 Å². The Bertz CT molecular complexity index is 1560. The molecule has 0 heterocycles. The number of aliphatic hydroxyl groups excluding tert-OH is 1. The van der Waals surface area contributed by atoms with Gasteiger partial charge in [0.1, 0.15) is 13.2 Å². The summed E-state index contributed by atoms with van der Waals surface area (Å²) in [6, 6.07) is -0.904. The van der Waals surface area contributed by atoms with Gasteiger partial charge in [-0.25, -0.2) is 0 Å². The van der Waals surface area contributed by atoms with Gasteiger partial charge in [0.25, 0.3) is 7.82 Å². The van der Waals surface area contributed by atoms with Gasteiger partial charge in [-0.15, -0.1) is 0 Å². The second kappa shape index (κ2) is 60.3. The highest BCUT2D eigenvalue weighted by atomic mass is 31.2. The van der Waals surface area contributed by atoms with E-state index in [1.807, 2.05) is 27.2 Å². The fraction of sp³-hybridized carbons (Fsp3) is 0.786. The number of nitrogens with one attached hydrogen (secondary N) is 1. The van der Waals surface area contributed by atoms with Crippen molar-refractivity contribution in [1.29, 1.82) is 0 Å². The first-order valence-electron chi connectivity index (χ1n) is 33.4. The minimum atomic E-state index is -4.61. The summed E-state index contributed by atoms with van der Waals surface area (Å²) < 4.78 is 23.4. The number of phosphoric acid groups is 1. The molecular weight excluding hydrogens is 996 g/mol. The zero-order chi connectivity index (χ0) is 57.7. The highest BCUT2D eigenvalue weighted by Gasteiger charge is 2.23. The van der Waals surface area contributed by atoms with Crippen LogP contribution < -0.4 is 10.2 Å². The number of quaternary nitrogens is 1.